The van der Waals surface area contributed by atoms with Gasteiger partial charge in [0.05, 0.1) is 6.61 Å². The monoisotopic (exact) mass is 227 g/mol. The van der Waals surface area contributed by atoms with E-state index < -0.39 is 0 Å². The van der Waals surface area contributed by atoms with Gasteiger partial charge in [-0.1, -0.05) is 12.8 Å². The van der Waals surface area contributed by atoms with Gasteiger partial charge in [-0.15, -0.1) is 0 Å². The predicted molar refractivity (Wildman–Crippen MR) is 59.9 cm³/mol. The molecule has 4 nitrogen and oxygen atoms in total. The lowest BCUT2D eigenvalue weighted by Crippen LogP contribution is -2.30. The fraction of sp³-hybridized carbons (Fsp3) is 0.800. The molecule has 2 N–H and O–H groups in total. The van der Waals surface area contributed by atoms with Crippen molar-refractivity contribution in [2.24, 2.45) is 17.6 Å². The van der Waals surface area contributed by atoms with Gasteiger partial charge in [-0.2, -0.15) is 9.36 Å². The molecular weight excluding hydrogens is 210 g/mol. The van der Waals surface area contributed by atoms with E-state index in [-0.39, 0.29) is 0 Å². The molecule has 0 amide bonds. The summed E-state index contributed by atoms with van der Waals surface area (Å²) in [7, 11) is 0. The van der Waals surface area contributed by atoms with Crippen molar-refractivity contribution in [3.8, 4) is 5.19 Å². The summed E-state index contributed by atoms with van der Waals surface area (Å²) in [6, 6.07) is 0. The summed E-state index contributed by atoms with van der Waals surface area (Å²) in [4.78, 5) is 4.01. The van der Waals surface area contributed by atoms with Crippen LogP contribution >= 0.6 is 11.5 Å². The molecule has 0 bridgehead atoms. The first-order valence-electron chi connectivity index (χ1n) is 5.49. The molecule has 1 aliphatic rings. The van der Waals surface area contributed by atoms with Crippen LogP contribution in [0.3, 0.4) is 0 Å². The number of hydrogen-bond donors (Lipinski definition) is 1. The number of rotatable bonds is 4. The molecule has 0 saturated heterocycles. The zero-order chi connectivity index (χ0) is 10.5. The van der Waals surface area contributed by atoms with E-state index in [9.17, 15) is 0 Å². The Labute approximate surface area is 94.0 Å². The first kappa shape index (κ1) is 10.8. The van der Waals surface area contributed by atoms with Gasteiger partial charge in [-0.25, -0.2) is 0 Å². The van der Waals surface area contributed by atoms with E-state index in [0.29, 0.717) is 17.0 Å². The minimum Gasteiger partial charge on any atom is -0.469 e. The van der Waals surface area contributed by atoms with Crippen molar-refractivity contribution in [1.29, 1.82) is 0 Å². The summed E-state index contributed by atoms with van der Waals surface area (Å²) in [6.07, 6.45) is 6.64. The van der Waals surface area contributed by atoms with Crippen LogP contribution in [0.4, 0.5) is 0 Å². The summed E-state index contributed by atoms with van der Waals surface area (Å²) in [5.41, 5.74) is 5.76. The smallest absolute Gasteiger partial charge is 0.292 e. The minimum absolute atomic E-state index is 0.604. The quantitative estimate of drug-likeness (QED) is 0.850. The van der Waals surface area contributed by atoms with Crippen LogP contribution in [-0.4, -0.2) is 22.5 Å². The fourth-order valence-electron chi connectivity index (χ4n) is 2.22. The number of nitrogens with zero attached hydrogens (tertiary/aromatic N) is 2. The molecule has 1 fully saturated rings. The molecule has 1 aromatic rings. The maximum absolute atomic E-state index is 5.76. The third-order valence-corrected chi connectivity index (χ3v) is 3.71. The predicted octanol–water partition coefficient (Wildman–Crippen LogP) is 1.68. The summed E-state index contributed by atoms with van der Waals surface area (Å²) >= 11 is 1.31. The summed E-state index contributed by atoms with van der Waals surface area (Å²) in [5.74, 6) is 1.24. The van der Waals surface area contributed by atoms with Crippen LogP contribution in [0.1, 0.15) is 25.7 Å². The molecule has 0 spiro atoms. The lowest BCUT2D eigenvalue weighted by molar-refractivity contribution is 0.153. The van der Waals surface area contributed by atoms with E-state index in [2.05, 4.69) is 9.36 Å². The minimum atomic E-state index is 0.604. The molecule has 0 radical (unpaired) electrons. The van der Waals surface area contributed by atoms with Crippen molar-refractivity contribution in [2.45, 2.75) is 25.7 Å². The molecule has 1 aromatic heterocycles. The van der Waals surface area contributed by atoms with E-state index in [1.165, 1.54) is 43.5 Å². The molecule has 0 aromatic carbocycles. The van der Waals surface area contributed by atoms with Crippen LogP contribution in [0.15, 0.2) is 6.33 Å². The highest BCUT2D eigenvalue weighted by Crippen LogP contribution is 2.29. The van der Waals surface area contributed by atoms with Gasteiger partial charge in [0.1, 0.15) is 6.33 Å². The second kappa shape index (κ2) is 5.42. The van der Waals surface area contributed by atoms with Gasteiger partial charge >= 0.3 is 0 Å². The molecule has 15 heavy (non-hydrogen) atoms. The Morgan fingerprint density at radius 2 is 2.20 bits per heavy atom. The normalized spacial score (nSPS) is 26.5. The Kier molecular flexibility index (Phi) is 3.91. The van der Waals surface area contributed by atoms with Gasteiger partial charge in [-0.05, 0) is 31.2 Å². The Balaban J connectivity index is 1.81. The fourth-order valence-corrected chi connectivity index (χ4v) is 2.62. The number of aromatic nitrogens is 2. The van der Waals surface area contributed by atoms with Crippen LogP contribution in [-0.2, 0) is 0 Å². The number of hydrogen-bond acceptors (Lipinski definition) is 5. The Morgan fingerprint density at radius 1 is 1.40 bits per heavy atom. The average molecular weight is 227 g/mol. The highest BCUT2D eigenvalue weighted by atomic mass is 32.1. The molecule has 2 atom stereocenters. The molecule has 2 rings (SSSR count). The lowest BCUT2D eigenvalue weighted by atomic mass is 9.80. The standard InChI is InChI=1S/C10H17N3OS/c11-5-8-3-1-2-4-9(8)6-14-10-12-7-13-15-10/h7-9H,1-6,11H2. The van der Waals surface area contributed by atoms with Gasteiger partial charge < -0.3 is 10.5 Å². The van der Waals surface area contributed by atoms with E-state index in [4.69, 9.17) is 10.5 Å². The highest BCUT2D eigenvalue weighted by Gasteiger charge is 2.24. The van der Waals surface area contributed by atoms with Crippen molar-refractivity contribution in [1.82, 2.24) is 9.36 Å². The summed E-state index contributed by atoms with van der Waals surface area (Å²) in [5, 5.41) is 0.677. The molecule has 1 aliphatic carbocycles. The van der Waals surface area contributed by atoms with Crippen molar-refractivity contribution >= 4 is 11.5 Å². The van der Waals surface area contributed by atoms with Crippen molar-refractivity contribution in [2.75, 3.05) is 13.2 Å². The van der Waals surface area contributed by atoms with Crippen LogP contribution < -0.4 is 10.5 Å². The molecule has 5 heteroatoms. The van der Waals surface area contributed by atoms with Gasteiger partial charge in [0.2, 0.25) is 0 Å². The van der Waals surface area contributed by atoms with E-state index in [1.807, 2.05) is 0 Å². The second-order valence-corrected chi connectivity index (χ2v) is 4.80. The Morgan fingerprint density at radius 3 is 2.87 bits per heavy atom. The molecule has 1 heterocycles. The van der Waals surface area contributed by atoms with E-state index in [1.54, 1.807) is 0 Å². The van der Waals surface area contributed by atoms with Crippen LogP contribution in [0.5, 0.6) is 5.19 Å². The maximum Gasteiger partial charge on any atom is 0.292 e. The molecule has 2 unspecified atom stereocenters. The molecule has 0 aliphatic heterocycles. The van der Waals surface area contributed by atoms with Crippen LogP contribution in [0.25, 0.3) is 0 Å². The third kappa shape index (κ3) is 2.89. The molecule has 84 valence electrons. The zero-order valence-electron chi connectivity index (χ0n) is 8.76. The average Bonchev–Trinajstić information content (AvgIpc) is 2.79. The van der Waals surface area contributed by atoms with Gasteiger partial charge in [-0.3, -0.25) is 0 Å². The van der Waals surface area contributed by atoms with Gasteiger partial charge in [0, 0.05) is 11.5 Å². The van der Waals surface area contributed by atoms with Crippen LogP contribution in [0, 0.1) is 11.8 Å². The van der Waals surface area contributed by atoms with E-state index in [0.717, 1.165) is 13.2 Å². The summed E-state index contributed by atoms with van der Waals surface area (Å²) < 4.78 is 9.51. The maximum atomic E-state index is 5.76. The van der Waals surface area contributed by atoms with Crippen molar-refractivity contribution in [3.63, 3.8) is 0 Å². The van der Waals surface area contributed by atoms with E-state index >= 15 is 0 Å². The van der Waals surface area contributed by atoms with Crippen LogP contribution in [0.2, 0.25) is 0 Å². The SMILES string of the molecule is NCC1CCCCC1COc1ncns1. The van der Waals surface area contributed by atoms with Gasteiger partial charge in [0.25, 0.3) is 5.19 Å². The van der Waals surface area contributed by atoms with Crippen molar-refractivity contribution in [3.05, 3.63) is 6.33 Å². The Hall–Kier alpha value is -0.680. The zero-order valence-corrected chi connectivity index (χ0v) is 9.58. The molecule has 1 saturated carbocycles. The first-order valence-corrected chi connectivity index (χ1v) is 6.27. The largest absolute Gasteiger partial charge is 0.469 e. The molecular formula is C10H17N3OS. The van der Waals surface area contributed by atoms with Gasteiger partial charge in [0.15, 0.2) is 0 Å². The van der Waals surface area contributed by atoms with Crippen molar-refractivity contribution < 1.29 is 4.74 Å². The topological polar surface area (TPSA) is 61.0 Å². The number of nitrogens with two attached hydrogens (primary N) is 1. The summed E-state index contributed by atoms with van der Waals surface area (Å²) in [6.45, 7) is 1.53. The number of ether oxygens (including phenoxy) is 1. The first-order chi connectivity index (χ1) is 7.40. The highest BCUT2D eigenvalue weighted by molar-refractivity contribution is 7.07. The Bertz CT molecular complexity index is 278. The second-order valence-electron chi connectivity index (χ2n) is 4.06. The lowest BCUT2D eigenvalue weighted by Gasteiger charge is -2.29. The third-order valence-electron chi connectivity index (χ3n) is 3.13.